The number of nitrogens with one attached hydrogen (secondary N) is 1. The van der Waals surface area contributed by atoms with Gasteiger partial charge in [0.1, 0.15) is 0 Å². The Labute approximate surface area is 135 Å². The standard InChI is InChI=1S/C15H14BrN5O/c1-20-10-13(16)14(19-20)15(22)18-12-5-2-4-11(8-12)9-21-7-3-6-17-21/h2-8,10H,9H2,1H3,(H,18,22). The fourth-order valence-corrected chi connectivity index (χ4v) is 2.69. The first-order valence-electron chi connectivity index (χ1n) is 6.69. The van der Waals surface area contributed by atoms with E-state index >= 15 is 0 Å². The van der Waals surface area contributed by atoms with Gasteiger partial charge in [-0.15, -0.1) is 0 Å². The minimum absolute atomic E-state index is 0.247. The lowest BCUT2D eigenvalue weighted by molar-refractivity contribution is 0.102. The lowest BCUT2D eigenvalue weighted by Gasteiger charge is -2.07. The molecule has 0 unspecified atom stereocenters. The van der Waals surface area contributed by atoms with Crippen molar-refractivity contribution in [1.82, 2.24) is 19.6 Å². The Morgan fingerprint density at radius 1 is 1.36 bits per heavy atom. The minimum Gasteiger partial charge on any atom is -0.321 e. The molecular weight excluding hydrogens is 346 g/mol. The van der Waals surface area contributed by atoms with Gasteiger partial charge in [0.2, 0.25) is 0 Å². The van der Waals surface area contributed by atoms with Gasteiger partial charge in [0.05, 0.1) is 11.0 Å². The van der Waals surface area contributed by atoms with Crippen molar-refractivity contribution >= 4 is 27.5 Å². The number of benzene rings is 1. The van der Waals surface area contributed by atoms with E-state index in [1.165, 1.54) is 0 Å². The average molecular weight is 360 g/mol. The second-order valence-corrected chi connectivity index (χ2v) is 5.71. The Bertz CT molecular complexity index is 794. The third-order valence-electron chi connectivity index (χ3n) is 3.09. The molecule has 1 amide bonds. The van der Waals surface area contributed by atoms with Crippen molar-refractivity contribution in [3.63, 3.8) is 0 Å². The van der Waals surface area contributed by atoms with Gasteiger partial charge in [-0.1, -0.05) is 12.1 Å². The Balaban J connectivity index is 1.75. The Kier molecular flexibility index (Phi) is 4.06. The van der Waals surface area contributed by atoms with E-state index in [0.717, 1.165) is 11.3 Å². The lowest BCUT2D eigenvalue weighted by Crippen LogP contribution is -2.14. The van der Waals surface area contributed by atoms with Crippen LogP contribution < -0.4 is 5.32 Å². The van der Waals surface area contributed by atoms with Gasteiger partial charge in [-0.25, -0.2) is 0 Å². The number of nitrogens with zero attached hydrogens (tertiary/aromatic N) is 4. The van der Waals surface area contributed by atoms with Crippen LogP contribution in [0.2, 0.25) is 0 Å². The number of hydrogen-bond acceptors (Lipinski definition) is 3. The van der Waals surface area contributed by atoms with Gasteiger partial charge >= 0.3 is 0 Å². The molecule has 3 rings (SSSR count). The molecule has 1 N–H and O–H groups in total. The highest BCUT2D eigenvalue weighted by molar-refractivity contribution is 9.10. The highest BCUT2D eigenvalue weighted by Gasteiger charge is 2.14. The molecule has 0 aliphatic rings. The zero-order valence-electron chi connectivity index (χ0n) is 11.9. The molecule has 0 radical (unpaired) electrons. The maximum absolute atomic E-state index is 12.2. The van der Waals surface area contributed by atoms with Gasteiger partial charge in [0, 0.05) is 31.3 Å². The normalized spacial score (nSPS) is 10.6. The predicted molar refractivity (Wildman–Crippen MR) is 86.6 cm³/mol. The molecule has 3 aromatic rings. The smallest absolute Gasteiger partial charge is 0.277 e. The number of aromatic nitrogens is 4. The van der Waals surface area contributed by atoms with Gasteiger partial charge in [0.25, 0.3) is 5.91 Å². The molecule has 0 bridgehead atoms. The zero-order chi connectivity index (χ0) is 15.5. The summed E-state index contributed by atoms with van der Waals surface area (Å²) in [4.78, 5) is 12.2. The van der Waals surface area contributed by atoms with Crippen molar-refractivity contribution in [1.29, 1.82) is 0 Å². The molecule has 0 saturated heterocycles. The molecule has 6 nitrogen and oxygen atoms in total. The van der Waals surface area contributed by atoms with Gasteiger partial charge in [0.15, 0.2) is 5.69 Å². The number of anilines is 1. The van der Waals surface area contributed by atoms with Crippen LogP contribution >= 0.6 is 15.9 Å². The maximum atomic E-state index is 12.2. The zero-order valence-corrected chi connectivity index (χ0v) is 13.5. The van der Waals surface area contributed by atoms with Crippen molar-refractivity contribution in [2.75, 3.05) is 5.32 Å². The number of rotatable bonds is 4. The summed E-state index contributed by atoms with van der Waals surface area (Å²) in [6.45, 7) is 0.657. The molecule has 7 heteroatoms. The summed E-state index contributed by atoms with van der Waals surface area (Å²) >= 11 is 3.33. The Morgan fingerprint density at radius 2 is 2.23 bits per heavy atom. The van der Waals surface area contributed by atoms with Gasteiger partial charge in [-0.05, 0) is 39.7 Å². The summed E-state index contributed by atoms with van der Waals surface area (Å²) < 4.78 is 4.09. The fraction of sp³-hybridized carbons (Fsp3) is 0.133. The van der Waals surface area contributed by atoms with Crippen LogP contribution in [0.15, 0.2) is 53.4 Å². The predicted octanol–water partition coefficient (Wildman–Crippen LogP) is 2.68. The highest BCUT2D eigenvalue weighted by Crippen LogP contribution is 2.17. The van der Waals surface area contributed by atoms with E-state index < -0.39 is 0 Å². The van der Waals surface area contributed by atoms with Crippen LogP contribution in [0, 0.1) is 0 Å². The molecule has 0 spiro atoms. The van der Waals surface area contributed by atoms with Crippen molar-refractivity contribution < 1.29 is 4.79 Å². The third-order valence-corrected chi connectivity index (χ3v) is 3.67. The average Bonchev–Trinajstić information content (AvgIpc) is 3.09. The van der Waals surface area contributed by atoms with E-state index in [-0.39, 0.29) is 5.91 Å². The van der Waals surface area contributed by atoms with E-state index in [4.69, 9.17) is 0 Å². The minimum atomic E-state index is -0.247. The molecule has 0 saturated carbocycles. The molecule has 112 valence electrons. The van der Waals surface area contributed by atoms with Crippen LogP contribution in [0.1, 0.15) is 16.1 Å². The number of halogens is 1. The second kappa shape index (κ2) is 6.15. The van der Waals surface area contributed by atoms with Crippen LogP contribution in [-0.4, -0.2) is 25.5 Å². The van der Waals surface area contributed by atoms with Crippen LogP contribution in [0.5, 0.6) is 0 Å². The summed E-state index contributed by atoms with van der Waals surface area (Å²) in [6, 6.07) is 9.55. The van der Waals surface area contributed by atoms with E-state index in [1.807, 2.05) is 41.2 Å². The lowest BCUT2D eigenvalue weighted by atomic mass is 10.2. The van der Waals surface area contributed by atoms with E-state index in [2.05, 4.69) is 31.4 Å². The van der Waals surface area contributed by atoms with E-state index in [0.29, 0.717) is 16.7 Å². The molecule has 0 aliphatic carbocycles. The highest BCUT2D eigenvalue weighted by atomic mass is 79.9. The SMILES string of the molecule is Cn1cc(Br)c(C(=O)Nc2cccc(Cn3cccn3)c2)n1. The molecule has 0 atom stereocenters. The van der Waals surface area contributed by atoms with Crippen molar-refractivity contribution in [2.45, 2.75) is 6.54 Å². The molecular formula is C15H14BrN5O. The monoisotopic (exact) mass is 359 g/mol. The molecule has 1 aromatic carbocycles. The van der Waals surface area contributed by atoms with Gasteiger partial charge < -0.3 is 5.32 Å². The first-order valence-corrected chi connectivity index (χ1v) is 7.48. The molecule has 0 aliphatic heterocycles. The van der Waals surface area contributed by atoms with Crippen molar-refractivity contribution in [3.05, 3.63) is 64.7 Å². The van der Waals surface area contributed by atoms with Crippen LogP contribution in [0.4, 0.5) is 5.69 Å². The quantitative estimate of drug-likeness (QED) is 0.778. The first kappa shape index (κ1) is 14.5. The topological polar surface area (TPSA) is 64.7 Å². The number of carbonyl (C=O) groups is 1. The van der Waals surface area contributed by atoms with Gasteiger partial charge in [-0.2, -0.15) is 10.2 Å². The molecule has 2 aromatic heterocycles. The number of carbonyl (C=O) groups excluding carboxylic acids is 1. The Morgan fingerprint density at radius 3 is 2.91 bits per heavy atom. The molecule has 22 heavy (non-hydrogen) atoms. The molecule has 0 fully saturated rings. The maximum Gasteiger partial charge on any atom is 0.277 e. The van der Waals surface area contributed by atoms with Crippen molar-refractivity contribution in [3.8, 4) is 0 Å². The largest absolute Gasteiger partial charge is 0.321 e. The second-order valence-electron chi connectivity index (χ2n) is 4.86. The summed E-state index contributed by atoms with van der Waals surface area (Å²) in [5.41, 5.74) is 2.15. The van der Waals surface area contributed by atoms with Crippen LogP contribution in [-0.2, 0) is 13.6 Å². The van der Waals surface area contributed by atoms with E-state index in [1.54, 1.807) is 24.1 Å². The third kappa shape index (κ3) is 3.25. The van der Waals surface area contributed by atoms with Crippen LogP contribution in [0.25, 0.3) is 0 Å². The summed E-state index contributed by atoms with van der Waals surface area (Å²) in [7, 11) is 1.77. The number of aryl methyl sites for hydroxylation is 1. The number of hydrogen-bond donors (Lipinski definition) is 1. The van der Waals surface area contributed by atoms with Crippen molar-refractivity contribution in [2.24, 2.45) is 7.05 Å². The van der Waals surface area contributed by atoms with Crippen LogP contribution in [0.3, 0.4) is 0 Å². The fourth-order valence-electron chi connectivity index (χ4n) is 2.13. The molecule has 2 heterocycles. The summed E-state index contributed by atoms with van der Waals surface area (Å²) in [5, 5.41) is 11.2. The summed E-state index contributed by atoms with van der Waals surface area (Å²) in [5.74, 6) is -0.247. The number of amides is 1. The Hall–Kier alpha value is -2.41. The first-order chi connectivity index (χ1) is 10.6. The van der Waals surface area contributed by atoms with E-state index in [9.17, 15) is 4.79 Å². The summed E-state index contributed by atoms with van der Waals surface area (Å²) in [6.07, 6.45) is 5.38. The van der Waals surface area contributed by atoms with Gasteiger partial charge in [-0.3, -0.25) is 14.2 Å².